The number of amides is 2. The van der Waals surface area contributed by atoms with E-state index in [9.17, 15) is 9.59 Å². The van der Waals surface area contributed by atoms with E-state index in [0.717, 1.165) is 10.4 Å². The first kappa shape index (κ1) is 27.6. The van der Waals surface area contributed by atoms with Crippen molar-refractivity contribution in [3.05, 3.63) is 60.7 Å². The molecule has 8 heteroatoms. The maximum absolute atomic E-state index is 12.8. The van der Waals surface area contributed by atoms with Crippen LogP contribution in [-0.4, -0.2) is 56.8 Å². The first-order valence-corrected chi connectivity index (χ1v) is 14.3. The Bertz CT molecular complexity index is 1020. The van der Waals surface area contributed by atoms with Crippen molar-refractivity contribution in [2.75, 3.05) is 13.7 Å². The van der Waals surface area contributed by atoms with Crippen molar-refractivity contribution in [1.29, 1.82) is 0 Å². The van der Waals surface area contributed by atoms with Gasteiger partial charge in [0, 0.05) is 25.6 Å². The molecule has 1 N–H and O–H groups in total. The number of ether oxygens (including phenoxy) is 1. The highest BCUT2D eigenvalue weighted by atomic mass is 28.4. The number of hydrogen-bond acceptors (Lipinski definition) is 5. The summed E-state index contributed by atoms with van der Waals surface area (Å²) in [7, 11) is -1.21. The molecule has 0 unspecified atom stereocenters. The van der Waals surface area contributed by atoms with Gasteiger partial charge in [0.25, 0.3) is 8.32 Å². The smallest absolute Gasteiger partial charge is 0.407 e. The second kappa shape index (κ2) is 11.0. The van der Waals surface area contributed by atoms with Gasteiger partial charge in [0.2, 0.25) is 5.91 Å². The van der Waals surface area contributed by atoms with Crippen LogP contribution in [0.5, 0.6) is 0 Å². The van der Waals surface area contributed by atoms with Crippen LogP contribution in [0.1, 0.15) is 48.0 Å². The second-order valence-corrected chi connectivity index (χ2v) is 15.6. The molecule has 3 rings (SSSR count). The second-order valence-electron chi connectivity index (χ2n) is 11.3. The van der Waals surface area contributed by atoms with Crippen LogP contribution in [-0.2, 0) is 14.0 Å². The molecule has 2 amide bonds. The van der Waals surface area contributed by atoms with Crippen LogP contribution >= 0.6 is 0 Å². The number of carbonyl (C=O) groups is 2. The zero-order valence-electron chi connectivity index (χ0n) is 22.4. The third kappa shape index (κ3) is 6.42. The largest absolute Gasteiger partial charge is 0.444 e. The number of carbonyl (C=O) groups excluding carboxylic acids is 2. The minimum Gasteiger partial charge on any atom is -0.444 e. The number of rotatable bonds is 7. The SMILES string of the molecule is CN1N=C[C@H]([C@@H](CO[Si](c2ccccc2)(c2ccccc2)C(C)(C)C)NC(=O)OC(C)(C)C)CC1=O. The van der Waals surface area contributed by atoms with E-state index in [1.807, 2.05) is 57.2 Å². The molecule has 1 aliphatic rings. The lowest BCUT2D eigenvalue weighted by molar-refractivity contribution is -0.131. The van der Waals surface area contributed by atoms with Crippen molar-refractivity contribution >= 4 is 36.9 Å². The van der Waals surface area contributed by atoms with E-state index in [2.05, 4.69) is 55.5 Å². The first-order valence-electron chi connectivity index (χ1n) is 12.4. The van der Waals surface area contributed by atoms with Crippen LogP contribution in [0.25, 0.3) is 0 Å². The molecule has 0 radical (unpaired) electrons. The van der Waals surface area contributed by atoms with Gasteiger partial charge >= 0.3 is 6.09 Å². The van der Waals surface area contributed by atoms with Gasteiger partial charge in [-0.15, -0.1) is 0 Å². The summed E-state index contributed by atoms with van der Waals surface area (Å²) in [4.78, 5) is 25.3. The number of alkyl carbamates (subject to hydrolysis) is 1. The number of hydrogen-bond donors (Lipinski definition) is 1. The number of nitrogens with one attached hydrogen (secondary N) is 1. The van der Waals surface area contributed by atoms with Crippen LogP contribution in [0.4, 0.5) is 4.79 Å². The van der Waals surface area contributed by atoms with E-state index < -0.39 is 26.1 Å². The molecule has 7 nitrogen and oxygen atoms in total. The molecule has 2 aromatic rings. The average molecular weight is 510 g/mol. The lowest BCUT2D eigenvalue weighted by atomic mass is 9.96. The van der Waals surface area contributed by atoms with E-state index in [1.165, 1.54) is 5.01 Å². The van der Waals surface area contributed by atoms with Crippen molar-refractivity contribution in [2.45, 2.75) is 64.6 Å². The maximum atomic E-state index is 12.8. The molecule has 2 aromatic carbocycles. The van der Waals surface area contributed by atoms with E-state index in [1.54, 1.807) is 13.3 Å². The standard InChI is InChI=1S/C28H39N3O4Si/c1-27(2,3)35-26(33)30-24(21-18-25(32)31(7)29-19-21)20-34-36(28(4,5)6,22-14-10-8-11-15-22)23-16-12-9-13-17-23/h8-17,19,21,24H,18,20H2,1-7H3,(H,30,33)/t21-,24-/m1/s1. The lowest BCUT2D eigenvalue weighted by Gasteiger charge is -2.44. The van der Waals surface area contributed by atoms with Crippen molar-refractivity contribution < 1.29 is 18.8 Å². The summed E-state index contributed by atoms with van der Waals surface area (Å²) in [6, 6.07) is 20.2. The van der Waals surface area contributed by atoms with Gasteiger partial charge in [0.05, 0.1) is 12.6 Å². The summed E-state index contributed by atoms with van der Waals surface area (Å²) in [6.45, 7) is 12.3. The molecule has 0 aromatic heterocycles. The van der Waals surface area contributed by atoms with Crippen LogP contribution in [0.15, 0.2) is 65.8 Å². The van der Waals surface area contributed by atoms with Crippen molar-refractivity contribution in [2.24, 2.45) is 11.0 Å². The molecule has 0 bridgehead atoms. The Kier molecular flexibility index (Phi) is 8.41. The Balaban J connectivity index is 2.02. The van der Waals surface area contributed by atoms with Crippen LogP contribution < -0.4 is 15.7 Å². The molecule has 36 heavy (non-hydrogen) atoms. The van der Waals surface area contributed by atoms with Gasteiger partial charge in [-0.3, -0.25) is 4.79 Å². The summed E-state index contributed by atoms with van der Waals surface area (Å²) >= 11 is 0. The van der Waals surface area contributed by atoms with Crippen LogP contribution in [0.3, 0.4) is 0 Å². The van der Waals surface area contributed by atoms with Gasteiger partial charge in [-0.2, -0.15) is 5.10 Å². The summed E-state index contributed by atoms with van der Waals surface area (Å²) in [5.74, 6) is -0.427. The summed E-state index contributed by atoms with van der Waals surface area (Å²) < 4.78 is 12.6. The zero-order valence-corrected chi connectivity index (χ0v) is 23.4. The summed E-state index contributed by atoms with van der Waals surface area (Å²) in [5, 5.41) is 10.6. The third-order valence-corrected chi connectivity index (χ3v) is 11.3. The van der Waals surface area contributed by atoms with E-state index in [-0.39, 0.29) is 29.9 Å². The fourth-order valence-electron chi connectivity index (χ4n) is 4.59. The molecular weight excluding hydrogens is 470 g/mol. The molecule has 0 spiro atoms. The van der Waals surface area contributed by atoms with E-state index in [4.69, 9.17) is 9.16 Å². The van der Waals surface area contributed by atoms with Gasteiger partial charge in [-0.05, 0) is 36.2 Å². The summed E-state index contributed by atoms with van der Waals surface area (Å²) in [5.41, 5.74) is -0.649. The van der Waals surface area contributed by atoms with Crippen LogP contribution in [0.2, 0.25) is 5.04 Å². The average Bonchev–Trinajstić information content (AvgIpc) is 2.80. The molecule has 0 saturated carbocycles. The molecule has 0 saturated heterocycles. The zero-order chi connectivity index (χ0) is 26.6. The van der Waals surface area contributed by atoms with E-state index in [0.29, 0.717) is 0 Å². The van der Waals surface area contributed by atoms with Crippen molar-refractivity contribution in [3.8, 4) is 0 Å². The number of hydrazone groups is 1. The highest BCUT2D eigenvalue weighted by Gasteiger charge is 2.50. The predicted octanol–water partition coefficient (Wildman–Crippen LogP) is 3.92. The van der Waals surface area contributed by atoms with Gasteiger partial charge in [0.15, 0.2) is 0 Å². The Morgan fingerprint density at radius 3 is 2.00 bits per heavy atom. The van der Waals surface area contributed by atoms with Gasteiger partial charge in [-0.25, -0.2) is 9.80 Å². The number of nitrogens with zero attached hydrogens (tertiary/aromatic N) is 2. The fraction of sp³-hybridized carbons (Fsp3) is 0.464. The monoisotopic (exact) mass is 509 g/mol. The first-order chi connectivity index (χ1) is 16.8. The Morgan fingerprint density at radius 1 is 1.03 bits per heavy atom. The predicted molar refractivity (Wildman–Crippen MR) is 146 cm³/mol. The molecular formula is C28H39N3O4Si. The van der Waals surface area contributed by atoms with Crippen molar-refractivity contribution in [1.82, 2.24) is 10.3 Å². The van der Waals surface area contributed by atoms with Gasteiger partial charge in [-0.1, -0.05) is 81.4 Å². The quantitative estimate of drug-likeness (QED) is 0.574. The number of benzene rings is 2. The van der Waals surface area contributed by atoms with E-state index >= 15 is 0 Å². The van der Waals surface area contributed by atoms with Gasteiger partial charge < -0.3 is 14.5 Å². The topological polar surface area (TPSA) is 80.2 Å². The summed E-state index contributed by atoms with van der Waals surface area (Å²) in [6.07, 6.45) is 1.40. The highest BCUT2D eigenvalue weighted by Crippen LogP contribution is 2.37. The Morgan fingerprint density at radius 2 is 1.56 bits per heavy atom. The van der Waals surface area contributed by atoms with Gasteiger partial charge in [0.1, 0.15) is 5.60 Å². The molecule has 1 aliphatic heterocycles. The Labute approximate surface area is 216 Å². The highest BCUT2D eigenvalue weighted by molar-refractivity contribution is 6.99. The van der Waals surface area contributed by atoms with Crippen molar-refractivity contribution in [3.63, 3.8) is 0 Å². The molecule has 2 atom stereocenters. The normalized spacial score (nSPS) is 17.6. The molecule has 1 heterocycles. The lowest BCUT2D eigenvalue weighted by Crippen LogP contribution is -2.67. The molecule has 0 fully saturated rings. The fourth-order valence-corrected chi connectivity index (χ4v) is 9.18. The van der Waals surface area contributed by atoms with Crippen LogP contribution in [0, 0.1) is 5.92 Å². The third-order valence-electron chi connectivity index (χ3n) is 6.32. The molecule has 194 valence electrons. The minimum absolute atomic E-state index is 0.107. The Hall–Kier alpha value is -2.97. The maximum Gasteiger partial charge on any atom is 0.407 e. The minimum atomic E-state index is -2.84. The molecule has 0 aliphatic carbocycles.